The summed E-state index contributed by atoms with van der Waals surface area (Å²) in [6.45, 7) is 3.44. The predicted octanol–water partition coefficient (Wildman–Crippen LogP) is 3.41. The first-order chi connectivity index (χ1) is 10.2. The molecule has 2 aliphatic carbocycles. The lowest BCUT2D eigenvalue weighted by Crippen LogP contribution is -2.34. The Kier molecular flexibility index (Phi) is 4.65. The van der Waals surface area contributed by atoms with Gasteiger partial charge in [0.15, 0.2) is 0 Å². The van der Waals surface area contributed by atoms with Crippen molar-refractivity contribution in [1.29, 1.82) is 0 Å². The minimum atomic E-state index is 0.130. The molecule has 0 aromatic rings. The number of amides is 1. The van der Waals surface area contributed by atoms with E-state index >= 15 is 0 Å². The monoisotopic (exact) mass is 351 g/mol. The Hall–Kier alpha value is -0.870. The van der Waals surface area contributed by atoms with Crippen molar-refractivity contribution < 1.29 is 9.53 Å². The quantitative estimate of drug-likeness (QED) is 0.788. The fraction of sp³-hybridized carbons (Fsp3) is 0.588. The molecule has 0 aromatic heterocycles. The van der Waals surface area contributed by atoms with Crippen LogP contribution >= 0.6 is 15.9 Å². The first kappa shape index (κ1) is 15.0. The van der Waals surface area contributed by atoms with E-state index in [2.05, 4.69) is 33.4 Å². The Labute approximate surface area is 134 Å². The van der Waals surface area contributed by atoms with E-state index in [0.717, 1.165) is 38.8 Å². The van der Waals surface area contributed by atoms with Crippen molar-refractivity contribution in [2.24, 2.45) is 0 Å². The molecule has 1 amide bonds. The third kappa shape index (κ3) is 3.02. The molecule has 1 aliphatic heterocycles. The molecule has 3 rings (SSSR count). The fourth-order valence-corrected chi connectivity index (χ4v) is 4.27. The van der Waals surface area contributed by atoms with E-state index in [4.69, 9.17) is 4.74 Å². The van der Waals surface area contributed by atoms with Crippen LogP contribution in [0.25, 0.3) is 0 Å². The lowest BCUT2D eigenvalue weighted by Gasteiger charge is -2.35. The van der Waals surface area contributed by atoms with Gasteiger partial charge >= 0.3 is 0 Å². The maximum atomic E-state index is 11.4. The topological polar surface area (TPSA) is 38.3 Å². The fourth-order valence-electron chi connectivity index (χ4n) is 3.44. The number of halogens is 1. The summed E-state index contributed by atoms with van der Waals surface area (Å²) in [6, 6.07) is 0. The molecular formula is C17H22BrNO2. The SMILES string of the molecule is CCC(=O)NCCC1=CCC2=C1C1=CCCOC1C(Br)C2. The number of hydrogen-bond donors (Lipinski definition) is 1. The molecule has 2 atom stereocenters. The van der Waals surface area contributed by atoms with Crippen LogP contribution in [-0.2, 0) is 9.53 Å². The van der Waals surface area contributed by atoms with Crippen LogP contribution in [0.15, 0.2) is 34.4 Å². The number of ether oxygens (including phenoxy) is 1. The van der Waals surface area contributed by atoms with E-state index in [9.17, 15) is 4.79 Å². The molecule has 4 heteroatoms. The summed E-state index contributed by atoms with van der Waals surface area (Å²) < 4.78 is 5.96. The van der Waals surface area contributed by atoms with E-state index in [0.29, 0.717) is 11.2 Å². The minimum Gasteiger partial charge on any atom is -0.372 e. The Morgan fingerprint density at radius 2 is 2.33 bits per heavy atom. The number of nitrogens with one attached hydrogen (secondary N) is 1. The molecule has 0 fully saturated rings. The normalized spacial score (nSPS) is 27.7. The Bertz CT molecular complexity index is 533. The molecule has 1 heterocycles. The lowest BCUT2D eigenvalue weighted by atomic mass is 9.82. The average Bonchev–Trinajstić information content (AvgIpc) is 2.90. The largest absolute Gasteiger partial charge is 0.372 e. The van der Waals surface area contributed by atoms with Gasteiger partial charge in [0.05, 0.1) is 12.7 Å². The molecule has 0 bridgehead atoms. The van der Waals surface area contributed by atoms with Gasteiger partial charge in [-0.1, -0.05) is 40.6 Å². The zero-order valence-corrected chi connectivity index (χ0v) is 14.0. The van der Waals surface area contributed by atoms with Crippen LogP contribution in [0.5, 0.6) is 0 Å². The third-order valence-electron chi connectivity index (χ3n) is 4.45. The first-order valence-electron chi connectivity index (χ1n) is 7.85. The van der Waals surface area contributed by atoms with Gasteiger partial charge in [0.2, 0.25) is 5.91 Å². The highest BCUT2D eigenvalue weighted by molar-refractivity contribution is 9.09. The number of carbonyl (C=O) groups is 1. The van der Waals surface area contributed by atoms with Crippen molar-refractivity contribution in [2.45, 2.75) is 50.0 Å². The summed E-state index contributed by atoms with van der Waals surface area (Å²) >= 11 is 3.79. The van der Waals surface area contributed by atoms with Crippen LogP contribution in [0.4, 0.5) is 0 Å². The molecule has 0 radical (unpaired) electrons. The standard InChI is InChI=1S/C17H22BrNO2/c1-2-15(20)19-8-7-11-5-6-12-10-14(18)17-13(16(11)12)4-3-9-21-17/h4-5,14,17H,2-3,6-10H2,1H3,(H,19,20). The van der Waals surface area contributed by atoms with Gasteiger partial charge in [-0.25, -0.2) is 0 Å². The third-order valence-corrected chi connectivity index (χ3v) is 5.26. The second kappa shape index (κ2) is 6.49. The number of allylic oxidation sites excluding steroid dienone is 2. The van der Waals surface area contributed by atoms with Crippen LogP contribution in [0.3, 0.4) is 0 Å². The van der Waals surface area contributed by atoms with Gasteiger partial charge < -0.3 is 10.1 Å². The van der Waals surface area contributed by atoms with Crippen LogP contribution in [-0.4, -0.2) is 30.0 Å². The first-order valence-corrected chi connectivity index (χ1v) is 8.76. The molecule has 3 aliphatic rings. The molecular weight excluding hydrogens is 330 g/mol. The van der Waals surface area contributed by atoms with Gasteiger partial charge in [-0.3, -0.25) is 4.79 Å². The molecule has 21 heavy (non-hydrogen) atoms. The number of rotatable bonds is 4. The van der Waals surface area contributed by atoms with Gasteiger partial charge in [-0.2, -0.15) is 0 Å². The van der Waals surface area contributed by atoms with Crippen molar-refractivity contribution in [3.8, 4) is 0 Å². The summed E-state index contributed by atoms with van der Waals surface area (Å²) in [5.41, 5.74) is 5.72. The van der Waals surface area contributed by atoms with Gasteiger partial charge in [-0.05, 0) is 42.4 Å². The highest BCUT2D eigenvalue weighted by atomic mass is 79.9. The second-order valence-corrected chi connectivity index (χ2v) is 7.00. The molecule has 0 aromatic carbocycles. The second-order valence-electron chi connectivity index (χ2n) is 5.83. The number of carbonyl (C=O) groups excluding carboxylic acids is 1. The van der Waals surface area contributed by atoms with Crippen molar-refractivity contribution in [3.05, 3.63) is 34.4 Å². The molecule has 2 unspecified atom stereocenters. The average molecular weight is 352 g/mol. The van der Waals surface area contributed by atoms with E-state index in [1.165, 1.54) is 22.3 Å². The Morgan fingerprint density at radius 3 is 3.14 bits per heavy atom. The highest BCUT2D eigenvalue weighted by Gasteiger charge is 2.37. The van der Waals surface area contributed by atoms with E-state index in [1.807, 2.05) is 6.92 Å². The maximum Gasteiger partial charge on any atom is 0.219 e. The molecule has 0 saturated heterocycles. The van der Waals surface area contributed by atoms with Gasteiger partial charge in [0, 0.05) is 17.8 Å². The summed E-state index contributed by atoms with van der Waals surface area (Å²) in [7, 11) is 0. The Balaban J connectivity index is 1.73. The molecule has 0 saturated carbocycles. The van der Waals surface area contributed by atoms with Crippen LogP contribution in [0, 0.1) is 0 Å². The lowest BCUT2D eigenvalue weighted by molar-refractivity contribution is -0.120. The van der Waals surface area contributed by atoms with Crippen molar-refractivity contribution >= 4 is 21.8 Å². The summed E-state index contributed by atoms with van der Waals surface area (Å²) in [4.78, 5) is 11.8. The van der Waals surface area contributed by atoms with E-state index in [-0.39, 0.29) is 12.0 Å². The van der Waals surface area contributed by atoms with Crippen molar-refractivity contribution in [2.75, 3.05) is 13.2 Å². The number of fused-ring (bicyclic) bond motifs is 2. The molecule has 114 valence electrons. The van der Waals surface area contributed by atoms with Gasteiger partial charge in [-0.15, -0.1) is 0 Å². The van der Waals surface area contributed by atoms with Crippen LogP contribution < -0.4 is 5.32 Å². The molecule has 3 nitrogen and oxygen atoms in total. The summed E-state index contributed by atoms with van der Waals surface area (Å²) in [5.74, 6) is 0.130. The van der Waals surface area contributed by atoms with Crippen LogP contribution in [0.1, 0.15) is 39.0 Å². The number of hydrogen-bond acceptors (Lipinski definition) is 2. The zero-order chi connectivity index (χ0) is 14.8. The van der Waals surface area contributed by atoms with E-state index < -0.39 is 0 Å². The predicted molar refractivity (Wildman–Crippen MR) is 87.4 cm³/mol. The summed E-state index contributed by atoms with van der Waals surface area (Å²) in [6.07, 6.45) is 9.48. The van der Waals surface area contributed by atoms with Crippen LogP contribution in [0.2, 0.25) is 0 Å². The smallest absolute Gasteiger partial charge is 0.219 e. The van der Waals surface area contributed by atoms with Crippen molar-refractivity contribution in [1.82, 2.24) is 5.32 Å². The number of alkyl halides is 1. The summed E-state index contributed by atoms with van der Waals surface area (Å²) in [5, 5.41) is 2.97. The van der Waals surface area contributed by atoms with E-state index in [1.54, 1.807) is 0 Å². The van der Waals surface area contributed by atoms with Crippen molar-refractivity contribution in [3.63, 3.8) is 0 Å². The van der Waals surface area contributed by atoms with Gasteiger partial charge in [0.1, 0.15) is 0 Å². The highest BCUT2D eigenvalue weighted by Crippen LogP contribution is 2.45. The minimum absolute atomic E-state index is 0.130. The molecule has 1 N–H and O–H groups in total. The zero-order valence-electron chi connectivity index (χ0n) is 12.5. The molecule has 0 spiro atoms. The maximum absolute atomic E-state index is 11.4. The Morgan fingerprint density at radius 1 is 1.48 bits per heavy atom. The van der Waals surface area contributed by atoms with Gasteiger partial charge in [0.25, 0.3) is 0 Å².